The van der Waals surface area contributed by atoms with E-state index in [-0.39, 0.29) is 18.4 Å². The van der Waals surface area contributed by atoms with E-state index >= 15 is 0 Å². The van der Waals surface area contributed by atoms with Crippen molar-refractivity contribution in [1.29, 1.82) is 0 Å². The summed E-state index contributed by atoms with van der Waals surface area (Å²) < 4.78 is 24.2. The van der Waals surface area contributed by atoms with E-state index < -0.39 is 6.43 Å². The first-order valence-electron chi connectivity index (χ1n) is 5.54. The molecular weight excluding hydrogens is 216 g/mol. The predicted octanol–water partition coefficient (Wildman–Crippen LogP) is -0.00950. The second-order valence-electron chi connectivity index (χ2n) is 4.15. The van der Waals surface area contributed by atoms with Gasteiger partial charge in [0.1, 0.15) is 0 Å². The van der Waals surface area contributed by atoms with Gasteiger partial charge < -0.3 is 10.6 Å². The molecule has 1 aliphatic heterocycles. The third kappa shape index (κ3) is 3.68. The van der Waals surface area contributed by atoms with Gasteiger partial charge in [0.25, 0.3) is 6.43 Å². The minimum atomic E-state index is -2.30. The second-order valence-corrected chi connectivity index (χ2v) is 4.15. The molecule has 0 bridgehead atoms. The number of hydrogen-bond acceptors (Lipinski definition) is 3. The second kappa shape index (κ2) is 6.10. The first-order chi connectivity index (χ1) is 7.54. The topological polar surface area (TPSA) is 49.6 Å². The lowest BCUT2D eigenvalue weighted by atomic mass is 10.1. The summed E-state index contributed by atoms with van der Waals surface area (Å²) in [6.45, 7) is 4.00. The fourth-order valence-corrected chi connectivity index (χ4v) is 1.76. The van der Waals surface area contributed by atoms with Crippen molar-refractivity contribution in [1.82, 2.24) is 9.80 Å². The largest absolute Gasteiger partial charge is 0.340 e. The fraction of sp³-hybridized carbons (Fsp3) is 0.900. The number of halogens is 2. The molecule has 1 saturated heterocycles. The number of nitrogens with two attached hydrogens (primary N) is 1. The standard InChI is InChI=1S/C10H19F2N3O/c1-8(6-13)10(16)15-4-2-14(3-5-15)7-9(11)12/h8-9H,2-7,13H2,1H3. The third-order valence-electron chi connectivity index (χ3n) is 2.86. The molecule has 0 aromatic heterocycles. The summed E-state index contributed by atoms with van der Waals surface area (Å²) >= 11 is 0. The smallest absolute Gasteiger partial charge is 0.251 e. The Bertz CT molecular complexity index is 230. The Kier molecular flexibility index (Phi) is 5.08. The van der Waals surface area contributed by atoms with E-state index in [1.54, 1.807) is 16.7 Å². The number of nitrogens with zero attached hydrogens (tertiary/aromatic N) is 2. The van der Waals surface area contributed by atoms with Gasteiger partial charge in [-0.05, 0) is 0 Å². The Labute approximate surface area is 94.4 Å². The quantitative estimate of drug-likeness (QED) is 0.745. The zero-order chi connectivity index (χ0) is 12.1. The van der Waals surface area contributed by atoms with E-state index in [2.05, 4.69) is 0 Å². The Balaban J connectivity index is 2.34. The van der Waals surface area contributed by atoms with Crippen molar-refractivity contribution in [3.05, 3.63) is 0 Å². The van der Waals surface area contributed by atoms with Crippen LogP contribution in [0.5, 0.6) is 0 Å². The van der Waals surface area contributed by atoms with E-state index in [0.717, 1.165) is 0 Å². The maximum atomic E-state index is 12.1. The van der Waals surface area contributed by atoms with Crippen LogP contribution in [-0.4, -0.2) is 61.4 Å². The van der Waals surface area contributed by atoms with Crippen molar-refractivity contribution in [3.8, 4) is 0 Å². The molecule has 1 aliphatic rings. The molecule has 0 saturated carbocycles. The monoisotopic (exact) mass is 235 g/mol. The summed E-state index contributed by atoms with van der Waals surface area (Å²) in [6.07, 6.45) is -2.30. The average Bonchev–Trinajstić information content (AvgIpc) is 2.27. The van der Waals surface area contributed by atoms with Crippen LogP contribution >= 0.6 is 0 Å². The van der Waals surface area contributed by atoms with Crippen LogP contribution in [0.3, 0.4) is 0 Å². The van der Waals surface area contributed by atoms with Gasteiger partial charge in [-0.25, -0.2) is 8.78 Å². The van der Waals surface area contributed by atoms with Crippen molar-refractivity contribution in [3.63, 3.8) is 0 Å². The molecule has 0 radical (unpaired) electrons. The Morgan fingerprint density at radius 2 is 1.88 bits per heavy atom. The van der Waals surface area contributed by atoms with Crippen LogP contribution in [0.2, 0.25) is 0 Å². The Morgan fingerprint density at radius 1 is 1.31 bits per heavy atom. The number of piperazine rings is 1. The maximum Gasteiger partial charge on any atom is 0.251 e. The highest BCUT2D eigenvalue weighted by atomic mass is 19.3. The lowest BCUT2D eigenvalue weighted by Crippen LogP contribution is -2.51. The van der Waals surface area contributed by atoms with Crippen molar-refractivity contribution < 1.29 is 13.6 Å². The summed E-state index contributed by atoms with van der Waals surface area (Å²) in [6, 6.07) is 0. The van der Waals surface area contributed by atoms with Crippen LogP contribution in [0.1, 0.15) is 6.92 Å². The van der Waals surface area contributed by atoms with Gasteiger partial charge in [-0.3, -0.25) is 9.69 Å². The van der Waals surface area contributed by atoms with Crippen LogP contribution in [0.25, 0.3) is 0 Å². The Morgan fingerprint density at radius 3 is 2.31 bits per heavy atom. The predicted molar refractivity (Wildman–Crippen MR) is 57.2 cm³/mol. The van der Waals surface area contributed by atoms with Crippen molar-refractivity contribution in [2.75, 3.05) is 39.3 Å². The highest BCUT2D eigenvalue weighted by Crippen LogP contribution is 2.08. The number of carbonyl (C=O) groups is 1. The van der Waals surface area contributed by atoms with Gasteiger partial charge in [-0.1, -0.05) is 6.92 Å². The summed E-state index contributed by atoms with van der Waals surface area (Å²) in [5.41, 5.74) is 5.42. The van der Waals surface area contributed by atoms with Crippen LogP contribution in [0.15, 0.2) is 0 Å². The molecule has 4 nitrogen and oxygen atoms in total. The lowest BCUT2D eigenvalue weighted by molar-refractivity contribution is -0.136. The Hall–Kier alpha value is -0.750. The maximum absolute atomic E-state index is 12.1. The van der Waals surface area contributed by atoms with E-state index in [1.807, 2.05) is 0 Å². The van der Waals surface area contributed by atoms with E-state index in [1.165, 1.54) is 0 Å². The minimum Gasteiger partial charge on any atom is -0.340 e. The van der Waals surface area contributed by atoms with Gasteiger partial charge in [0.15, 0.2) is 0 Å². The van der Waals surface area contributed by atoms with Crippen LogP contribution < -0.4 is 5.73 Å². The number of rotatable bonds is 4. The molecule has 2 N–H and O–H groups in total. The van der Waals surface area contributed by atoms with Gasteiger partial charge in [0.2, 0.25) is 5.91 Å². The van der Waals surface area contributed by atoms with E-state index in [0.29, 0.717) is 32.7 Å². The van der Waals surface area contributed by atoms with Gasteiger partial charge >= 0.3 is 0 Å². The molecule has 0 aromatic carbocycles. The average molecular weight is 235 g/mol. The summed E-state index contributed by atoms with van der Waals surface area (Å²) in [5.74, 6) is -0.152. The van der Waals surface area contributed by atoms with Crippen molar-refractivity contribution in [2.24, 2.45) is 11.7 Å². The van der Waals surface area contributed by atoms with Crippen molar-refractivity contribution >= 4 is 5.91 Å². The molecule has 1 atom stereocenters. The molecule has 1 fully saturated rings. The SMILES string of the molecule is CC(CN)C(=O)N1CCN(CC(F)F)CC1. The van der Waals surface area contributed by atoms with Gasteiger partial charge in [-0.2, -0.15) is 0 Å². The van der Waals surface area contributed by atoms with Crippen LogP contribution in [0, 0.1) is 5.92 Å². The van der Waals surface area contributed by atoms with Crippen LogP contribution in [0.4, 0.5) is 8.78 Å². The lowest BCUT2D eigenvalue weighted by Gasteiger charge is -2.35. The molecule has 0 spiro atoms. The number of hydrogen-bond donors (Lipinski definition) is 1. The zero-order valence-corrected chi connectivity index (χ0v) is 9.53. The molecule has 0 aliphatic carbocycles. The molecule has 94 valence electrons. The molecular formula is C10H19F2N3O. The van der Waals surface area contributed by atoms with E-state index in [9.17, 15) is 13.6 Å². The molecule has 1 amide bonds. The van der Waals surface area contributed by atoms with E-state index in [4.69, 9.17) is 5.73 Å². The summed E-state index contributed by atoms with van der Waals surface area (Å²) in [5, 5.41) is 0. The molecule has 1 rings (SSSR count). The third-order valence-corrected chi connectivity index (χ3v) is 2.86. The zero-order valence-electron chi connectivity index (χ0n) is 9.53. The highest BCUT2D eigenvalue weighted by molar-refractivity contribution is 5.78. The van der Waals surface area contributed by atoms with Crippen molar-refractivity contribution in [2.45, 2.75) is 13.3 Å². The van der Waals surface area contributed by atoms with Gasteiger partial charge in [0, 0.05) is 38.6 Å². The summed E-state index contributed by atoms with van der Waals surface area (Å²) in [4.78, 5) is 15.1. The molecule has 1 unspecified atom stereocenters. The highest BCUT2D eigenvalue weighted by Gasteiger charge is 2.25. The fourth-order valence-electron chi connectivity index (χ4n) is 1.76. The van der Waals surface area contributed by atoms with Crippen LogP contribution in [-0.2, 0) is 4.79 Å². The summed E-state index contributed by atoms with van der Waals surface area (Å²) in [7, 11) is 0. The van der Waals surface area contributed by atoms with Gasteiger partial charge in [-0.15, -0.1) is 0 Å². The first kappa shape index (κ1) is 13.3. The number of carbonyl (C=O) groups excluding carboxylic acids is 1. The first-order valence-corrected chi connectivity index (χ1v) is 5.54. The molecule has 6 heteroatoms. The molecule has 16 heavy (non-hydrogen) atoms. The van der Waals surface area contributed by atoms with Gasteiger partial charge in [0.05, 0.1) is 6.54 Å². The molecule has 0 aromatic rings. The number of alkyl halides is 2. The normalized spacial score (nSPS) is 20.2. The number of amides is 1. The molecule has 1 heterocycles. The minimum absolute atomic E-state index is 0.0270.